The SMILES string of the molecule is CCCN(C)C(=O)NCc1nn[nH]n1.CCCN(C)C(=O)Nc1nn[nH]n1.CCCN(C)C1=CC(=O)C=C(O)C1=O.CCCN(C)C1=NS(=O)ON1.CCCN(C)C1NC(=O)NC1=O.CCCN(C)C1SC(=O)NC1=O.CCCN(C)c1c(O)c(=O)c1=O.CCCN(C)c1cocc(O)c1=O.CCCN(C)c1n[nH]c(=O)[nH]1.CCCN(C)c1nc(=S)[nH][nH]1.CCCN(C)c1nc(=S)o[nH]1.CCCN(C)c1ncno1. The summed E-state index contributed by atoms with van der Waals surface area (Å²) in [4.78, 5) is 168. The molecule has 3 aliphatic heterocycles. The number of H-pyrrole nitrogens is 7. The van der Waals surface area contributed by atoms with E-state index in [1.807, 2.05) is 120 Å². The maximum Gasteiger partial charge on any atom is 0.342 e. The first-order valence-corrected chi connectivity index (χ1v) is 48.9. The number of urea groups is 3. The molecule has 3 unspecified atom stereocenters. The third-order valence-corrected chi connectivity index (χ3v) is 20.9. The zero-order chi connectivity index (χ0) is 109. The van der Waals surface area contributed by atoms with Crippen LogP contribution in [0.4, 0.5) is 60.4 Å². The van der Waals surface area contributed by atoms with Gasteiger partial charge in [0.15, 0.2) is 35.6 Å². The summed E-state index contributed by atoms with van der Waals surface area (Å²) in [5, 5.41) is 82.5. The number of ketones is 2. The number of Topliss-reactive ketones (excluding diaryl/α,β-unsaturated/α-hetero) is 1. The molecule has 7 aromatic heterocycles. The Hall–Kier alpha value is -13.9. The summed E-state index contributed by atoms with van der Waals surface area (Å²) < 4.78 is 33.7. The monoisotopic (exact) mass is 2110 g/mol. The maximum absolute atomic E-state index is 11.4. The number of hydrogen-bond donors (Lipinski definition) is 16. The quantitative estimate of drug-likeness (QED) is 0.0102. The number of aromatic nitrogens is 18. The number of allylic oxidation sites excluding steroid dienone is 2. The Morgan fingerprint density at radius 1 is 0.542 bits per heavy atom. The number of nitrogens with one attached hydrogen (secondary N) is 13. The standard InChI is InChI=1S/C10H13NO3.C9H13NO3.C8H11NO3.C7H14N6O.C7H13N3O2.C7H12N2O2S.C6H12N6O.C6H12N4O.C6H12N4S.C6H11N3OS.C6H11N3O.C5H11N3O2S/c1-3-4-11(2)8-5-7(12)6-9(13)10(8)14;1-3-4-10(2)7-5-13-6-8(11)9(7)12;1-3-4-9(2)5-6(10)8(12)7(5)11;1-3-4-13(2)7(14)8-5-6-9-11-12-10-6;1-3-4-10(2)5-6(11)9-7(12)8-5;1-3-4-9(2)6-5(10)8-7(11)12-6;1-3-4-12(2)6(13)7-5-8-10-11-9-5;2*1-3-4-10(2)5-7-6(11)9-8-5;1-3-4-9(2)5-7-6(11)10-8-5;1-3-4-9(2)6-7-5-8-10-6;1-3-4-8(2)5-6-10-11(9)7-5/h5-6,13H,3-4H2,1-2H3;5-6,11H,3-4H2,1-2H3;10H,3-4H2,1-2H3;3-5H2,1-2H3,(H,8,14)(H,9,10,11,12);5H,3-4H2,1-2H3,(H2,8,9,11,12);6H,3-4H2,1-2H3,(H,8,10,11);3-4H2,1-2H3,(H2,7,8,9,10,11,13);2*3-4H2,1-2H3,(H2,7,8,9,11);3-4H2,1-2H3,(H,7,8,11);5H,3-4H2,1-2H3;3-4H2,1-2H3,(H,6,7). The minimum Gasteiger partial charge on any atom is -0.504 e. The van der Waals surface area contributed by atoms with Crippen molar-refractivity contribution >= 4 is 141 Å². The number of carbonyl (C=O) groups is 8. The number of anilines is 7. The third-order valence-electron chi connectivity index (χ3n) is 18.9. The molecule has 0 saturated carbocycles. The first-order chi connectivity index (χ1) is 68.4. The maximum atomic E-state index is 11.4. The number of rotatable bonds is 36. The van der Waals surface area contributed by atoms with Crippen LogP contribution < -0.4 is 83.4 Å². The molecule has 2 fully saturated rings. The Labute approximate surface area is 851 Å². The Morgan fingerprint density at radius 2 is 1.08 bits per heavy atom. The van der Waals surface area contributed by atoms with E-state index in [0.717, 1.165) is 166 Å². The number of aliphatic hydroxyl groups excluding tert-OH is 1. The fourth-order valence-corrected chi connectivity index (χ4v) is 13.4. The van der Waals surface area contributed by atoms with Gasteiger partial charge in [0.05, 0.1) is 12.2 Å². The lowest BCUT2D eigenvalue weighted by molar-refractivity contribution is -0.123. The molecule has 0 bridgehead atoms. The number of nitrogens with zero attached hydrogens (tertiary/aromatic N) is 24. The van der Waals surface area contributed by atoms with Crippen LogP contribution in [0.2, 0.25) is 0 Å². The molecule has 8 aromatic rings. The highest BCUT2D eigenvalue weighted by Crippen LogP contribution is 2.23. The topological polar surface area (TPSA) is 707 Å². The van der Waals surface area contributed by atoms with E-state index in [2.05, 4.69) is 167 Å². The van der Waals surface area contributed by atoms with Gasteiger partial charge in [-0.25, -0.2) is 34.0 Å². The van der Waals surface area contributed by atoms with E-state index in [9.17, 15) is 61.7 Å². The first-order valence-electron chi connectivity index (χ1n) is 46.2. The Morgan fingerprint density at radius 3 is 1.55 bits per heavy atom. The van der Waals surface area contributed by atoms with Gasteiger partial charge in [-0.15, -0.1) is 24.8 Å². The molecule has 9 amide bonds. The number of carbonyl (C=O) groups excluding carboxylic acids is 8. The minimum absolute atomic E-state index is 0.128. The lowest BCUT2D eigenvalue weighted by atomic mass is 10.1. The van der Waals surface area contributed by atoms with Gasteiger partial charge in [0.1, 0.15) is 29.3 Å². The van der Waals surface area contributed by atoms with Gasteiger partial charge in [0.2, 0.25) is 45.5 Å². The highest BCUT2D eigenvalue weighted by atomic mass is 32.2. The van der Waals surface area contributed by atoms with E-state index < -0.39 is 51.6 Å². The molecule has 0 spiro atoms. The van der Waals surface area contributed by atoms with E-state index in [4.69, 9.17) is 53.2 Å². The number of guanidine groups is 1. The molecule has 61 heteroatoms. The number of hydrogen-bond acceptors (Lipinski definition) is 45. The van der Waals surface area contributed by atoms with Crippen LogP contribution in [-0.4, -0.2) is 368 Å². The van der Waals surface area contributed by atoms with E-state index in [1.54, 1.807) is 71.7 Å². The number of tetrazole rings is 2. The normalized spacial score (nSPS) is 13.8. The number of amides is 9. The van der Waals surface area contributed by atoms with Gasteiger partial charge in [-0.2, -0.15) is 34.8 Å². The van der Waals surface area contributed by atoms with E-state index in [1.165, 1.54) is 18.7 Å². The van der Waals surface area contributed by atoms with Crippen LogP contribution in [0, 0.1) is 9.61 Å². The second-order valence-electron chi connectivity index (χ2n) is 31.5. The summed E-state index contributed by atoms with van der Waals surface area (Å²) in [5.74, 6) is 0.774. The molecule has 806 valence electrons. The molecular weight excluding hydrogens is 1960 g/mol. The molecule has 1 aromatic carbocycles. The van der Waals surface area contributed by atoms with Crippen molar-refractivity contribution < 1.29 is 75.6 Å². The Balaban J connectivity index is 0.000000786. The third kappa shape index (κ3) is 48.7. The highest BCUT2D eigenvalue weighted by molar-refractivity contribution is 8.15. The van der Waals surface area contributed by atoms with Crippen LogP contribution in [0.1, 0.15) is 166 Å². The molecule has 0 radical (unpaired) electrons. The zero-order valence-corrected chi connectivity index (χ0v) is 89.6. The van der Waals surface area contributed by atoms with Gasteiger partial charge in [-0.3, -0.25) is 79.3 Å². The number of hydroxylamine groups is 1. The average molecular weight is 2110 g/mol. The lowest BCUT2D eigenvalue weighted by Gasteiger charge is -2.21. The number of aromatic amines is 7. The number of imide groups is 2. The highest BCUT2D eigenvalue weighted by Gasteiger charge is 2.35. The smallest absolute Gasteiger partial charge is 0.342 e. The molecule has 57 nitrogen and oxygen atoms in total. The van der Waals surface area contributed by atoms with Crippen molar-refractivity contribution in [3.8, 4) is 11.5 Å². The van der Waals surface area contributed by atoms with E-state index in [-0.39, 0.29) is 79.3 Å². The summed E-state index contributed by atoms with van der Waals surface area (Å²) in [5.41, 5.74) is 1.27. The van der Waals surface area contributed by atoms with Crippen LogP contribution in [0.5, 0.6) is 11.5 Å². The van der Waals surface area contributed by atoms with Crippen molar-refractivity contribution in [2.75, 3.05) is 198 Å². The molecule has 144 heavy (non-hydrogen) atoms. The predicted octanol–water partition coefficient (Wildman–Crippen LogP) is 5.34. The van der Waals surface area contributed by atoms with Crippen LogP contribution in [-0.2, 0) is 41.3 Å². The molecule has 3 atom stereocenters. The van der Waals surface area contributed by atoms with Crippen molar-refractivity contribution in [2.24, 2.45) is 4.40 Å². The molecule has 1 aliphatic carbocycles. The van der Waals surface area contributed by atoms with Crippen molar-refractivity contribution in [1.29, 1.82) is 0 Å². The fourth-order valence-electron chi connectivity index (χ4n) is 11.9. The average Bonchev–Trinajstić information content (AvgIpc) is 1.03. The lowest BCUT2D eigenvalue weighted by Crippen LogP contribution is -2.44. The second-order valence-corrected chi connectivity index (χ2v) is 34.1. The molecule has 4 aliphatic rings. The largest absolute Gasteiger partial charge is 0.504 e. The number of thioether (sulfide) groups is 1. The summed E-state index contributed by atoms with van der Waals surface area (Å²) >= 11 is 9.02. The van der Waals surface area contributed by atoms with Gasteiger partial charge < -0.3 is 88.4 Å². The Kier molecular flexibility index (Phi) is 63.6. The van der Waals surface area contributed by atoms with E-state index >= 15 is 0 Å². The summed E-state index contributed by atoms with van der Waals surface area (Å²) in [6.07, 6.45) is 17.3. The van der Waals surface area contributed by atoms with Crippen molar-refractivity contribution in [1.82, 2.24) is 148 Å². The molecule has 12 rings (SSSR count). The van der Waals surface area contributed by atoms with Crippen molar-refractivity contribution in [3.63, 3.8) is 0 Å². The van der Waals surface area contributed by atoms with Gasteiger partial charge in [0.25, 0.3) is 33.9 Å². The number of aliphatic hydroxyl groups is 1. The number of likely N-dealkylation sites (N-methyl/N-ethyl adjacent to an activating group) is 3. The van der Waals surface area contributed by atoms with Gasteiger partial charge in [-0.1, -0.05) is 98.6 Å². The zero-order valence-electron chi connectivity index (χ0n) is 86.4. The van der Waals surface area contributed by atoms with Crippen LogP contribution in [0.25, 0.3) is 0 Å². The van der Waals surface area contributed by atoms with E-state index in [0.29, 0.717) is 66.3 Å². The minimum atomic E-state index is -1.54. The fraction of sp³-hybridized carbons (Fsp3) is 0.614. The van der Waals surface area contributed by atoms with Crippen LogP contribution in [0.15, 0.2) is 79.5 Å². The molecule has 10 heterocycles. The summed E-state index contributed by atoms with van der Waals surface area (Å²) in [7, 11) is 21.9. The predicted molar refractivity (Wildman–Crippen MR) is 551 cm³/mol. The van der Waals surface area contributed by atoms with Crippen molar-refractivity contribution in [3.05, 3.63) is 99.0 Å². The van der Waals surface area contributed by atoms with Crippen LogP contribution in [0.3, 0.4) is 0 Å². The van der Waals surface area contributed by atoms with Gasteiger partial charge in [0, 0.05) is 148 Å². The van der Waals surface area contributed by atoms with Gasteiger partial charge >= 0.3 is 45.9 Å². The van der Waals surface area contributed by atoms with Crippen molar-refractivity contribution in [2.45, 2.75) is 178 Å². The summed E-state index contributed by atoms with van der Waals surface area (Å²) in [6.45, 7) is 34.6. The Bertz CT molecular complexity index is 5310. The van der Waals surface area contributed by atoms with Gasteiger partial charge in [-0.05, 0) is 146 Å². The molecular formula is C83H145N37O20S4. The van der Waals surface area contributed by atoms with Crippen LogP contribution >= 0.6 is 36.2 Å². The first kappa shape index (κ1) is 128. The molecule has 2 saturated heterocycles. The second kappa shape index (κ2) is 71.5. The number of aromatic hydroxyl groups is 2. The summed E-state index contributed by atoms with van der Waals surface area (Å²) in [6, 6.07) is -0.185. The molecule has 16 N–H and O–H groups in total.